The van der Waals surface area contributed by atoms with E-state index in [1.54, 1.807) is 13.2 Å². The molecule has 1 saturated carbocycles. The highest BCUT2D eigenvalue weighted by molar-refractivity contribution is 8.00. The number of nitrogens with zero attached hydrogens (tertiary/aromatic N) is 4. The second-order valence-electron chi connectivity index (χ2n) is 9.79. The second kappa shape index (κ2) is 9.91. The molecule has 0 radical (unpaired) electrons. The van der Waals surface area contributed by atoms with Gasteiger partial charge in [0, 0.05) is 43.9 Å². The molecule has 1 aliphatic carbocycles. The molecular formula is C26H29FN6O2S. The fourth-order valence-electron chi connectivity index (χ4n) is 5.83. The number of carbonyl (C=O) groups excluding carboxylic acids is 1. The van der Waals surface area contributed by atoms with Crippen LogP contribution in [0.2, 0.25) is 0 Å². The van der Waals surface area contributed by atoms with E-state index < -0.39 is 0 Å². The third-order valence-corrected chi connectivity index (χ3v) is 8.68. The van der Waals surface area contributed by atoms with Crippen LogP contribution in [0, 0.1) is 17.7 Å². The van der Waals surface area contributed by atoms with Gasteiger partial charge in [-0.1, -0.05) is 0 Å². The number of thioether (sulfide) groups is 1. The van der Waals surface area contributed by atoms with Crippen LogP contribution in [0.1, 0.15) is 24.1 Å². The summed E-state index contributed by atoms with van der Waals surface area (Å²) in [5.74, 6) is 2.52. The number of hydrogen-bond acceptors (Lipinski definition) is 8. The number of anilines is 1. The first-order chi connectivity index (χ1) is 17.6. The molecule has 0 aromatic carbocycles. The Balaban J connectivity index is 1.07. The molecule has 1 amide bonds. The largest absolute Gasteiger partial charge is 0.481 e. The van der Waals surface area contributed by atoms with Gasteiger partial charge in [0.05, 0.1) is 40.7 Å². The van der Waals surface area contributed by atoms with Gasteiger partial charge in [0.1, 0.15) is 11.6 Å². The zero-order valence-electron chi connectivity index (χ0n) is 20.2. The van der Waals surface area contributed by atoms with Crippen molar-refractivity contribution >= 4 is 34.5 Å². The molecule has 8 nitrogen and oxygen atoms in total. The lowest BCUT2D eigenvalue weighted by molar-refractivity contribution is -0.113. The fraction of sp³-hybridized carbons (Fsp3) is 0.462. The molecule has 3 aromatic rings. The number of nitrogens with one attached hydrogen (secondary N) is 2. The predicted molar refractivity (Wildman–Crippen MR) is 137 cm³/mol. The topological polar surface area (TPSA) is 92.3 Å². The van der Waals surface area contributed by atoms with E-state index in [1.807, 2.05) is 18.2 Å². The number of fused-ring (bicyclic) bond motifs is 3. The molecule has 10 heteroatoms. The van der Waals surface area contributed by atoms with Gasteiger partial charge in [0.25, 0.3) is 0 Å². The Kier molecular flexibility index (Phi) is 6.49. The minimum Gasteiger partial charge on any atom is -0.481 e. The van der Waals surface area contributed by atoms with E-state index in [4.69, 9.17) is 4.74 Å². The average molecular weight is 509 g/mol. The molecule has 0 spiro atoms. The smallest absolute Gasteiger partial charge is 0.235 e. The van der Waals surface area contributed by atoms with Crippen molar-refractivity contribution in [2.45, 2.75) is 36.7 Å². The van der Waals surface area contributed by atoms with E-state index in [0.717, 1.165) is 36.6 Å². The molecule has 3 atom stereocenters. The fourth-order valence-corrected chi connectivity index (χ4v) is 6.59. The quantitative estimate of drug-likeness (QED) is 0.503. The van der Waals surface area contributed by atoms with Gasteiger partial charge >= 0.3 is 0 Å². The standard InChI is InChI=1S/C26H29FN6O2S/c1-35-24-7-5-21-25(32-24)17(19(27)11-29-21)8-9-33-12-15-2-4-20(18(15)13-33)28-10-16-3-6-22-26(30-16)31-23(34)14-36-22/h3,5-7,11,15,18,20,28H,2,4,8-10,12-14H2,1H3,(H,30,31,34)/t15-,18+,20+/m1/s1. The second-order valence-corrected chi connectivity index (χ2v) is 10.8. The number of halogens is 1. The van der Waals surface area contributed by atoms with Gasteiger partial charge in [-0.25, -0.2) is 14.4 Å². The molecule has 1 saturated heterocycles. The lowest BCUT2D eigenvalue weighted by Gasteiger charge is -2.22. The van der Waals surface area contributed by atoms with Crippen molar-refractivity contribution in [2.75, 3.05) is 37.8 Å². The first-order valence-corrected chi connectivity index (χ1v) is 13.4. The molecule has 0 unspecified atom stereocenters. The normalized spacial score (nSPS) is 23.5. The predicted octanol–water partition coefficient (Wildman–Crippen LogP) is 3.26. The molecule has 3 aromatic heterocycles. The molecule has 3 aliphatic rings. The van der Waals surface area contributed by atoms with E-state index in [-0.39, 0.29) is 11.7 Å². The van der Waals surface area contributed by atoms with E-state index in [0.29, 0.717) is 64.9 Å². The maximum Gasteiger partial charge on any atom is 0.235 e. The summed E-state index contributed by atoms with van der Waals surface area (Å²) in [6.07, 6.45) is 4.25. The van der Waals surface area contributed by atoms with Crippen molar-refractivity contribution in [1.82, 2.24) is 25.2 Å². The Bertz CT molecular complexity index is 1310. The van der Waals surface area contributed by atoms with E-state index in [1.165, 1.54) is 24.4 Å². The Morgan fingerprint density at radius 1 is 1.22 bits per heavy atom. The third-order valence-electron chi connectivity index (χ3n) is 7.64. The highest BCUT2D eigenvalue weighted by Crippen LogP contribution is 2.38. The van der Waals surface area contributed by atoms with Gasteiger partial charge in [-0.2, -0.15) is 0 Å². The number of aromatic nitrogens is 3. The molecule has 36 heavy (non-hydrogen) atoms. The van der Waals surface area contributed by atoms with Gasteiger partial charge in [0.15, 0.2) is 0 Å². The molecule has 5 heterocycles. The van der Waals surface area contributed by atoms with Gasteiger partial charge < -0.3 is 20.3 Å². The number of amides is 1. The minimum atomic E-state index is -0.311. The van der Waals surface area contributed by atoms with Crippen LogP contribution in [0.3, 0.4) is 0 Å². The summed E-state index contributed by atoms with van der Waals surface area (Å²) < 4.78 is 19.9. The SMILES string of the molecule is COc1ccc2ncc(F)c(CCN3C[C@H]4CC[C@H](NCc5ccc6c(n5)NC(=O)CS6)[C@H]4C3)c2n1. The van der Waals surface area contributed by atoms with Gasteiger partial charge in [0.2, 0.25) is 11.8 Å². The Morgan fingerprint density at radius 3 is 3.03 bits per heavy atom. The van der Waals surface area contributed by atoms with E-state index in [9.17, 15) is 9.18 Å². The van der Waals surface area contributed by atoms with Crippen molar-refractivity contribution in [2.24, 2.45) is 11.8 Å². The number of rotatable bonds is 7. The zero-order valence-corrected chi connectivity index (χ0v) is 21.0. The van der Waals surface area contributed by atoms with Crippen LogP contribution >= 0.6 is 11.8 Å². The van der Waals surface area contributed by atoms with Crippen molar-refractivity contribution in [3.63, 3.8) is 0 Å². The number of pyridine rings is 3. The van der Waals surface area contributed by atoms with Crippen molar-refractivity contribution < 1.29 is 13.9 Å². The first kappa shape index (κ1) is 23.6. The summed E-state index contributed by atoms with van der Waals surface area (Å²) in [7, 11) is 1.56. The third kappa shape index (κ3) is 4.65. The van der Waals surface area contributed by atoms with E-state index >= 15 is 0 Å². The van der Waals surface area contributed by atoms with Crippen molar-refractivity contribution in [3.8, 4) is 5.88 Å². The summed E-state index contributed by atoms with van der Waals surface area (Å²) in [6, 6.07) is 8.10. The molecule has 6 rings (SSSR count). The first-order valence-electron chi connectivity index (χ1n) is 12.4. The van der Waals surface area contributed by atoms with E-state index in [2.05, 4.69) is 30.5 Å². The highest BCUT2D eigenvalue weighted by atomic mass is 32.2. The number of likely N-dealkylation sites (tertiary alicyclic amines) is 1. The Labute approximate surface area is 213 Å². The molecular weight excluding hydrogens is 479 g/mol. The number of methoxy groups -OCH3 is 1. The number of ether oxygens (including phenoxy) is 1. The minimum absolute atomic E-state index is 0.00403. The van der Waals surface area contributed by atoms with Crippen molar-refractivity contribution in [1.29, 1.82) is 0 Å². The lowest BCUT2D eigenvalue weighted by Crippen LogP contribution is -2.36. The molecule has 0 bridgehead atoms. The maximum absolute atomic E-state index is 14.7. The number of carbonyl (C=O) groups is 1. The molecule has 2 fully saturated rings. The van der Waals surface area contributed by atoms with Crippen LogP contribution in [-0.4, -0.2) is 64.3 Å². The lowest BCUT2D eigenvalue weighted by atomic mass is 9.98. The van der Waals surface area contributed by atoms with Crippen LogP contribution in [-0.2, 0) is 17.8 Å². The summed E-state index contributed by atoms with van der Waals surface area (Å²) in [5, 5.41) is 6.60. The van der Waals surface area contributed by atoms with Crippen LogP contribution in [0.25, 0.3) is 11.0 Å². The van der Waals surface area contributed by atoms with Crippen LogP contribution < -0.4 is 15.4 Å². The molecule has 2 N–H and O–H groups in total. The van der Waals surface area contributed by atoms with Crippen molar-refractivity contribution in [3.05, 3.63) is 47.5 Å². The van der Waals surface area contributed by atoms with Gasteiger partial charge in [-0.3, -0.25) is 9.78 Å². The van der Waals surface area contributed by atoms with Crippen LogP contribution in [0.4, 0.5) is 10.2 Å². The summed E-state index contributed by atoms with van der Waals surface area (Å²) >= 11 is 1.53. The van der Waals surface area contributed by atoms with Gasteiger partial charge in [-0.05, 0) is 49.3 Å². The summed E-state index contributed by atoms with van der Waals surface area (Å²) in [6.45, 7) is 3.53. The van der Waals surface area contributed by atoms with Crippen LogP contribution in [0.5, 0.6) is 5.88 Å². The monoisotopic (exact) mass is 508 g/mol. The van der Waals surface area contributed by atoms with Crippen LogP contribution in [0.15, 0.2) is 35.4 Å². The van der Waals surface area contributed by atoms with Gasteiger partial charge in [-0.15, -0.1) is 11.8 Å². The Hall–Kier alpha value is -2.82. The summed E-state index contributed by atoms with van der Waals surface area (Å²) in [4.78, 5) is 28.5. The molecule has 188 valence electrons. The Morgan fingerprint density at radius 2 is 2.14 bits per heavy atom. The molecule has 2 aliphatic heterocycles. The maximum atomic E-state index is 14.7. The highest BCUT2D eigenvalue weighted by Gasteiger charge is 2.42. The number of hydrogen-bond donors (Lipinski definition) is 2. The summed E-state index contributed by atoms with van der Waals surface area (Å²) in [5.41, 5.74) is 2.82. The zero-order chi connectivity index (χ0) is 24.6. The average Bonchev–Trinajstić information content (AvgIpc) is 3.47.